The molecule has 6 heteroatoms. The van der Waals surface area contributed by atoms with Crippen molar-refractivity contribution in [3.8, 4) is 11.5 Å². The lowest BCUT2D eigenvalue weighted by Gasteiger charge is -2.10. The molecule has 0 aliphatic carbocycles. The summed E-state index contributed by atoms with van der Waals surface area (Å²) in [5.74, 6) is 0.899. The summed E-state index contributed by atoms with van der Waals surface area (Å²) in [6.45, 7) is 0.567. The van der Waals surface area contributed by atoms with E-state index in [1.807, 2.05) is 24.3 Å². The van der Waals surface area contributed by atoms with Gasteiger partial charge in [-0.15, -0.1) is 11.6 Å². The highest BCUT2D eigenvalue weighted by Crippen LogP contribution is 2.20. The van der Waals surface area contributed by atoms with Crippen LogP contribution in [0.4, 0.5) is 0 Å². The molecule has 0 saturated heterocycles. The molecule has 2 rings (SSSR count). The van der Waals surface area contributed by atoms with E-state index < -0.39 is 5.97 Å². The van der Waals surface area contributed by atoms with E-state index in [0.717, 1.165) is 30.7 Å². The Hall–Kier alpha value is -2.53. The smallest absolute Gasteiger partial charge is 0.307 e. The highest BCUT2D eigenvalue weighted by atomic mass is 35.5. The highest BCUT2D eigenvalue weighted by molar-refractivity contribution is 6.16. The second-order valence-electron chi connectivity index (χ2n) is 5.97. The number of aromatic nitrogens is 1. The fourth-order valence-corrected chi connectivity index (χ4v) is 2.65. The average Bonchev–Trinajstić information content (AvgIpc) is 2.68. The zero-order chi connectivity index (χ0) is 19.5. The van der Waals surface area contributed by atoms with Crippen LogP contribution in [0.2, 0.25) is 0 Å². The molecular weight excluding hydrogens is 366 g/mol. The van der Waals surface area contributed by atoms with E-state index in [1.54, 1.807) is 19.3 Å². The molecule has 27 heavy (non-hydrogen) atoms. The predicted molar refractivity (Wildman–Crippen MR) is 107 cm³/mol. The minimum Gasteiger partial charge on any atom is -0.497 e. The molecule has 0 fully saturated rings. The number of nitrogens with zero attached hydrogens (tertiary/aromatic N) is 1. The van der Waals surface area contributed by atoms with Crippen LogP contribution >= 0.6 is 11.6 Å². The number of methoxy groups -OCH3 is 1. The number of halogens is 1. The van der Waals surface area contributed by atoms with Gasteiger partial charge in [0, 0.05) is 0 Å². The first-order chi connectivity index (χ1) is 13.1. The van der Waals surface area contributed by atoms with Crippen molar-refractivity contribution in [3.05, 3.63) is 59.4 Å². The van der Waals surface area contributed by atoms with Crippen LogP contribution in [0.3, 0.4) is 0 Å². The molecule has 0 radical (unpaired) electrons. The first kappa shape index (κ1) is 20.8. The summed E-state index contributed by atoms with van der Waals surface area (Å²) in [5, 5.41) is 8.75. The van der Waals surface area contributed by atoms with E-state index in [0.29, 0.717) is 23.9 Å². The molecular formula is C21H24ClNO4. The van der Waals surface area contributed by atoms with Gasteiger partial charge in [-0.2, -0.15) is 0 Å². The van der Waals surface area contributed by atoms with E-state index in [1.165, 1.54) is 5.56 Å². The lowest BCUT2D eigenvalue weighted by molar-refractivity contribution is -0.135. The number of benzene rings is 1. The lowest BCUT2D eigenvalue weighted by Crippen LogP contribution is -2.02. The Kier molecular flexibility index (Phi) is 8.65. The van der Waals surface area contributed by atoms with Crippen molar-refractivity contribution >= 4 is 23.6 Å². The van der Waals surface area contributed by atoms with Gasteiger partial charge in [-0.25, -0.2) is 4.98 Å². The Balaban J connectivity index is 1.84. The molecule has 0 atom stereocenters. The molecule has 1 heterocycles. The number of hydrogen-bond donors (Lipinski definition) is 1. The lowest BCUT2D eigenvalue weighted by atomic mass is 10.1. The molecule has 144 valence electrons. The molecule has 0 unspecified atom stereocenters. The number of pyridine rings is 1. The van der Waals surface area contributed by atoms with Crippen molar-refractivity contribution in [2.24, 2.45) is 0 Å². The van der Waals surface area contributed by atoms with Crippen molar-refractivity contribution in [2.75, 3.05) is 13.7 Å². The molecule has 0 saturated carbocycles. The van der Waals surface area contributed by atoms with Gasteiger partial charge in [0.15, 0.2) is 0 Å². The average molecular weight is 390 g/mol. The first-order valence-corrected chi connectivity index (χ1v) is 9.35. The van der Waals surface area contributed by atoms with Crippen molar-refractivity contribution in [1.29, 1.82) is 0 Å². The van der Waals surface area contributed by atoms with Gasteiger partial charge in [-0.05, 0) is 55.2 Å². The van der Waals surface area contributed by atoms with Gasteiger partial charge < -0.3 is 14.6 Å². The summed E-state index contributed by atoms with van der Waals surface area (Å²) in [6.07, 6.45) is 6.04. The number of carboxylic acid groups (broad SMARTS) is 1. The molecule has 2 aromatic rings. The van der Waals surface area contributed by atoms with Crippen molar-refractivity contribution in [2.45, 2.75) is 31.6 Å². The Morgan fingerprint density at radius 1 is 1.19 bits per heavy atom. The third-order valence-corrected chi connectivity index (χ3v) is 4.20. The van der Waals surface area contributed by atoms with Crippen LogP contribution in [0, 0.1) is 0 Å². The number of carbonyl (C=O) groups is 1. The van der Waals surface area contributed by atoms with Crippen molar-refractivity contribution < 1.29 is 19.4 Å². The second kappa shape index (κ2) is 11.2. The molecule has 1 aromatic heterocycles. The summed E-state index contributed by atoms with van der Waals surface area (Å²) in [6, 6.07) is 11.7. The molecule has 1 N–H and O–H groups in total. The molecule has 0 amide bonds. The molecule has 5 nitrogen and oxygen atoms in total. The number of alkyl halides is 1. The van der Waals surface area contributed by atoms with Gasteiger partial charge in [0.05, 0.1) is 31.7 Å². The quantitative estimate of drug-likeness (QED) is 0.445. The minimum absolute atomic E-state index is 0.0614. The van der Waals surface area contributed by atoms with Crippen LogP contribution in [0.25, 0.3) is 6.08 Å². The fraction of sp³-hybridized carbons (Fsp3) is 0.333. The number of ether oxygens (including phenoxy) is 2. The van der Waals surface area contributed by atoms with Gasteiger partial charge in [-0.1, -0.05) is 18.2 Å². The molecule has 1 aromatic carbocycles. The number of carboxylic acids is 1. The number of aliphatic carboxylic acids is 1. The fourth-order valence-electron chi connectivity index (χ4n) is 2.50. The second-order valence-corrected chi connectivity index (χ2v) is 6.24. The van der Waals surface area contributed by atoms with E-state index in [9.17, 15) is 4.79 Å². The normalized spacial score (nSPS) is 10.9. The van der Waals surface area contributed by atoms with Gasteiger partial charge in [0.1, 0.15) is 17.2 Å². The zero-order valence-electron chi connectivity index (χ0n) is 15.4. The maximum atomic E-state index is 10.7. The van der Waals surface area contributed by atoms with Gasteiger partial charge in [0.25, 0.3) is 0 Å². The number of rotatable bonds is 11. The Labute approximate surface area is 164 Å². The van der Waals surface area contributed by atoms with E-state index in [-0.39, 0.29) is 6.42 Å². The van der Waals surface area contributed by atoms with E-state index >= 15 is 0 Å². The van der Waals surface area contributed by atoms with E-state index in [2.05, 4.69) is 17.1 Å². The number of hydrogen-bond acceptors (Lipinski definition) is 4. The maximum absolute atomic E-state index is 10.7. The van der Waals surface area contributed by atoms with Crippen LogP contribution < -0.4 is 9.47 Å². The molecule has 0 aliphatic rings. The van der Waals surface area contributed by atoms with Crippen LogP contribution in [0.15, 0.2) is 42.5 Å². The Morgan fingerprint density at radius 3 is 2.63 bits per heavy atom. The Bertz CT molecular complexity index is 759. The van der Waals surface area contributed by atoms with E-state index in [4.69, 9.17) is 26.2 Å². The first-order valence-electron chi connectivity index (χ1n) is 8.82. The number of unbranched alkanes of at least 4 members (excludes halogenated alkanes) is 1. The summed E-state index contributed by atoms with van der Waals surface area (Å²) < 4.78 is 11.0. The summed E-state index contributed by atoms with van der Waals surface area (Å²) >= 11 is 5.83. The molecule has 0 aliphatic heterocycles. The predicted octanol–water partition coefficient (Wildman–Crippen LogP) is 4.72. The van der Waals surface area contributed by atoms with Gasteiger partial charge in [0.2, 0.25) is 0 Å². The van der Waals surface area contributed by atoms with Crippen LogP contribution in [-0.4, -0.2) is 29.8 Å². The topological polar surface area (TPSA) is 68.7 Å². The third-order valence-electron chi connectivity index (χ3n) is 3.93. The summed E-state index contributed by atoms with van der Waals surface area (Å²) in [5.41, 5.74) is 2.59. The van der Waals surface area contributed by atoms with Crippen LogP contribution in [0.5, 0.6) is 11.5 Å². The van der Waals surface area contributed by atoms with Crippen molar-refractivity contribution in [3.63, 3.8) is 0 Å². The Morgan fingerprint density at radius 2 is 1.96 bits per heavy atom. The van der Waals surface area contributed by atoms with Crippen molar-refractivity contribution in [1.82, 2.24) is 4.98 Å². The van der Waals surface area contributed by atoms with Crippen LogP contribution in [-0.2, 0) is 17.1 Å². The van der Waals surface area contributed by atoms with Gasteiger partial charge >= 0.3 is 5.97 Å². The highest BCUT2D eigenvalue weighted by Gasteiger charge is 2.05. The maximum Gasteiger partial charge on any atom is 0.307 e. The summed E-state index contributed by atoms with van der Waals surface area (Å²) in [4.78, 5) is 15.1. The SMILES string of the molecule is COc1ccc(CCCCOc2ccc(CCl)nc2/C=C/CC(=O)O)cc1. The van der Waals surface area contributed by atoms with Gasteiger partial charge in [-0.3, -0.25) is 4.79 Å². The summed E-state index contributed by atoms with van der Waals surface area (Å²) in [7, 11) is 1.66. The molecule has 0 bridgehead atoms. The monoisotopic (exact) mass is 389 g/mol. The minimum atomic E-state index is -0.888. The molecule has 0 spiro atoms. The largest absolute Gasteiger partial charge is 0.497 e. The van der Waals surface area contributed by atoms with Crippen LogP contribution in [0.1, 0.15) is 36.2 Å². The zero-order valence-corrected chi connectivity index (χ0v) is 16.1. The third kappa shape index (κ3) is 7.31. The number of aryl methyl sites for hydroxylation is 1. The standard InChI is InChI=1S/C21H24ClNO4/c1-26-18-11-8-16(9-12-18)5-2-3-14-27-20-13-10-17(15-22)23-19(20)6-4-7-21(24)25/h4,6,8-13H,2-3,5,7,14-15H2,1H3,(H,24,25)/b6-4+.